The lowest BCUT2D eigenvalue weighted by molar-refractivity contribution is -0.123. The molecule has 1 aromatic carbocycles. The van der Waals surface area contributed by atoms with Gasteiger partial charge in [0.2, 0.25) is 5.91 Å². The molecular formula is C13H17FN2O2. The molecule has 0 bridgehead atoms. The quantitative estimate of drug-likeness (QED) is 0.854. The number of hydrogen-bond donors (Lipinski definition) is 2. The van der Waals surface area contributed by atoms with Crippen LogP contribution in [0.25, 0.3) is 0 Å². The Morgan fingerprint density at radius 3 is 2.67 bits per heavy atom. The number of hydrogen-bond acceptors (Lipinski definition) is 3. The van der Waals surface area contributed by atoms with Crippen molar-refractivity contribution in [3.8, 4) is 0 Å². The first-order valence-corrected chi connectivity index (χ1v) is 5.94. The van der Waals surface area contributed by atoms with Gasteiger partial charge in [0.15, 0.2) is 0 Å². The van der Waals surface area contributed by atoms with Crippen LogP contribution in [0.15, 0.2) is 24.3 Å². The van der Waals surface area contributed by atoms with Crippen molar-refractivity contribution in [2.45, 2.75) is 18.9 Å². The topological polar surface area (TPSA) is 64.3 Å². The third-order valence-corrected chi connectivity index (χ3v) is 3.51. The van der Waals surface area contributed by atoms with E-state index in [0.29, 0.717) is 18.9 Å². The summed E-state index contributed by atoms with van der Waals surface area (Å²) in [6.45, 7) is 2.91. The summed E-state index contributed by atoms with van der Waals surface area (Å²) in [5.74, 6) is -0.715. The molecule has 1 amide bonds. The van der Waals surface area contributed by atoms with Crippen molar-refractivity contribution in [1.29, 1.82) is 0 Å². The molecular weight excluding hydrogens is 235 g/mol. The monoisotopic (exact) mass is 252 g/mol. The summed E-state index contributed by atoms with van der Waals surface area (Å²) in [5, 5.41) is 3.10. The first-order chi connectivity index (χ1) is 8.52. The summed E-state index contributed by atoms with van der Waals surface area (Å²) < 4.78 is 18.1. The van der Waals surface area contributed by atoms with E-state index >= 15 is 0 Å². The summed E-state index contributed by atoms with van der Waals surface area (Å²) >= 11 is 0. The van der Waals surface area contributed by atoms with Crippen molar-refractivity contribution in [1.82, 2.24) is 0 Å². The molecule has 1 aliphatic rings. The summed E-state index contributed by atoms with van der Waals surface area (Å²) in [6, 6.07) is 5.86. The van der Waals surface area contributed by atoms with Crippen LogP contribution in [-0.2, 0) is 9.53 Å². The van der Waals surface area contributed by atoms with Gasteiger partial charge in [-0.1, -0.05) is 0 Å². The molecule has 0 saturated carbocycles. The Morgan fingerprint density at radius 2 is 2.17 bits per heavy atom. The highest BCUT2D eigenvalue weighted by Crippen LogP contribution is 2.29. The fourth-order valence-corrected chi connectivity index (χ4v) is 2.19. The van der Waals surface area contributed by atoms with Gasteiger partial charge in [-0.25, -0.2) is 4.39 Å². The molecule has 3 N–H and O–H groups in total. The van der Waals surface area contributed by atoms with Crippen molar-refractivity contribution in [3.05, 3.63) is 30.1 Å². The summed E-state index contributed by atoms with van der Waals surface area (Å²) in [6.07, 6.45) is 0.785. The van der Waals surface area contributed by atoms with Crippen LogP contribution in [0.3, 0.4) is 0 Å². The van der Waals surface area contributed by atoms with Gasteiger partial charge < -0.3 is 15.8 Å². The molecule has 1 heterocycles. The number of rotatable bonds is 4. The highest BCUT2D eigenvalue weighted by molar-refractivity contribution is 5.88. The zero-order valence-corrected chi connectivity index (χ0v) is 10.3. The number of carbonyl (C=O) groups is 1. The number of nitrogens with one attached hydrogen (secondary N) is 1. The second kappa shape index (κ2) is 4.94. The number of halogens is 1. The highest BCUT2D eigenvalue weighted by Gasteiger charge is 2.41. The number of benzene rings is 1. The van der Waals surface area contributed by atoms with Crippen LogP contribution >= 0.6 is 0 Å². The fraction of sp³-hybridized carbons (Fsp3) is 0.462. The molecule has 5 heteroatoms. The molecule has 1 saturated heterocycles. The number of primary amides is 1. The van der Waals surface area contributed by atoms with Gasteiger partial charge in [-0.15, -0.1) is 0 Å². The lowest BCUT2D eigenvalue weighted by atomic mass is 9.84. The van der Waals surface area contributed by atoms with Gasteiger partial charge in [-0.3, -0.25) is 4.79 Å². The average molecular weight is 252 g/mol. The normalized spacial score (nSPS) is 22.4. The van der Waals surface area contributed by atoms with Gasteiger partial charge in [0.05, 0.1) is 6.61 Å². The molecule has 98 valence electrons. The molecule has 18 heavy (non-hydrogen) atoms. The van der Waals surface area contributed by atoms with Crippen LogP contribution < -0.4 is 11.1 Å². The maximum atomic E-state index is 12.8. The molecule has 2 atom stereocenters. The number of anilines is 1. The summed E-state index contributed by atoms with van der Waals surface area (Å²) in [7, 11) is 0. The van der Waals surface area contributed by atoms with E-state index < -0.39 is 11.4 Å². The third kappa shape index (κ3) is 2.46. The van der Waals surface area contributed by atoms with Gasteiger partial charge in [0, 0.05) is 18.2 Å². The number of carbonyl (C=O) groups excluding carboxylic acids is 1. The SMILES string of the molecule is CC(Nc1ccc(F)cc1)(C(N)=O)C1CCOC1. The third-order valence-electron chi connectivity index (χ3n) is 3.51. The van der Waals surface area contributed by atoms with Gasteiger partial charge >= 0.3 is 0 Å². The highest BCUT2D eigenvalue weighted by atomic mass is 19.1. The van der Waals surface area contributed by atoms with Crippen LogP contribution in [0.4, 0.5) is 10.1 Å². The Bertz CT molecular complexity index is 429. The molecule has 1 fully saturated rings. The van der Waals surface area contributed by atoms with E-state index in [9.17, 15) is 9.18 Å². The van der Waals surface area contributed by atoms with Crippen molar-refractivity contribution in [2.24, 2.45) is 11.7 Å². The summed E-state index contributed by atoms with van der Waals surface area (Å²) in [4.78, 5) is 11.7. The standard InChI is InChI=1S/C13H17FN2O2/c1-13(12(15)17,9-6-7-18-8-9)16-11-4-2-10(14)3-5-11/h2-5,9,16H,6-8H2,1H3,(H2,15,17). The first kappa shape index (κ1) is 12.8. The van der Waals surface area contributed by atoms with E-state index in [0.717, 1.165) is 6.42 Å². The Labute approximate surface area is 105 Å². The van der Waals surface area contributed by atoms with Gasteiger partial charge in [-0.05, 0) is 37.6 Å². The van der Waals surface area contributed by atoms with Gasteiger partial charge in [-0.2, -0.15) is 0 Å². The van der Waals surface area contributed by atoms with Crippen LogP contribution in [0.5, 0.6) is 0 Å². The molecule has 1 aromatic rings. The molecule has 0 radical (unpaired) electrons. The van der Waals surface area contributed by atoms with E-state index in [1.54, 1.807) is 19.1 Å². The maximum Gasteiger partial charge on any atom is 0.243 e. The van der Waals surface area contributed by atoms with Crippen LogP contribution in [-0.4, -0.2) is 24.7 Å². The molecule has 0 aliphatic carbocycles. The average Bonchev–Trinajstić information content (AvgIpc) is 2.86. The Morgan fingerprint density at radius 1 is 1.50 bits per heavy atom. The van der Waals surface area contributed by atoms with E-state index in [1.165, 1.54) is 12.1 Å². The predicted octanol–water partition coefficient (Wildman–Crippen LogP) is 1.52. The van der Waals surface area contributed by atoms with E-state index in [-0.39, 0.29) is 11.7 Å². The van der Waals surface area contributed by atoms with E-state index in [2.05, 4.69) is 5.32 Å². The minimum Gasteiger partial charge on any atom is -0.381 e. The largest absolute Gasteiger partial charge is 0.381 e. The van der Waals surface area contributed by atoms with Crippen molar-refractivity contribution >= 4 is 11.6 Å². The molecule has 4 nitrogen and oxygen atoms in total. The zero-order valence-electron chi connectivity index (χ0n) is 10.3. The summed E-state index contributed by atoms with van der Waals surface area (Å²) in [5.41, 5.74) is 5.29. The zero-order chi connectivity index (χ0) is 13.2. The lowest BCUT2D eigenvalue weighted by Gasteiger charge is -2.33. The lowest BCUT2D eigenvalue weighted by Crippen LogP contribution is -2.53. The molecule has 2 unspecified atom stereocenters. The Hall–Kier alpha value is -1.62. The van der Waals surface area contributed by atoms with Crippen LogP contribution in [0.2, 0.25) is 0 Å². The number of ether oxygens (including phenoxy) is 1. The van der Waals surface area contributed by atoms with Crippen molar-refractivity contribution in [3.63, 3.8) is 0 Å². The molecule has 0 aromatic heterocycles. The van der Waals surface area contributed by atoms with Crippen LogP contribution in [0.1, 0.15) is 13.3 Å². The molecule has 0 spiro atoms. The second-order valence-electron chi connectivity index (χ2n) is 4.76. The smallest absolute Gasteiger partial charge is 0.243 e. The van der Waals surface area contributed by atoms with Gasteiger partial charge in [0.25, 0.3) is 0 Å². The molecule has 2 rings (SSSR count). The van der Waals surface area contributed by atoms with E-state index in [1.807, 2.05) is 0 Å². The fourth-order valence-electron chi connectivity index (χ4n) is 2.19. The minimum absolute atomic E-state index is 0.0278. The minimum atomic E-state index is -0.881. The maximum absolute atomic E-state index is 12.8. The predicted molar refractivity (Wildman–Crippen MR) is 66.5 cm³/mol. The van der Waals surface area contributed by atoms with E-state index in [4.69, 9.17) is 10.5 Å². The Kier molecular flexibility index (Phi) is 3.52. The van der Waals surface area contributed by atoms with Crippen molar-refractivity contribution in [2.75, 3.05) is 18.5 Å². The first-order valence-electron chi connectivity index (χ1n) is 5.94. The van der Waals surface area contributed by atoms with Gasteiger partial charge in [0.1, 0.15) is 11.4 Å². The Balaban J connectivity index is 2.20. The number of amides is 1. The van der Waals surface area contributed by atoms with Crippen molar-refractivity contribution < 1.29 is 13.9 Å². The number of nitrogens with two attached hydrogens (primary N) is 1. The second-order valence-corrected chi connectivity index (χ2v) is 4.76. The molecule has 1 aliphatic heterocycles. The van der Waals surface area contributed by atoms with Crippen LogP contribution in [0, 0.1) is 11.7 Å².